The second kappa shape index (κ2) is 5.53. The monoisotopic (exact) mass is 315 g/mol. The maximum Gasteiger partial charge on any atom is 0.257 e. The van der Waals surface area contributed by atoms with Gasteiger partial charge in [0.05, 0.1) is 0 Å². The lowest BCUT2D eigenvalue weighted by atomic mass is 10.2. The van der Waals surface area contributed by atoms with Crippen LogP contribution >= 0.6 is 0 Å². The number of rotatable bonds is 4. The van der Waals surface area contributed by atoms with Gasteiger partial charge in [0.1, 0.15) is 17.5 Å². The number of primary sulfonamides is 1. The van der Waals surface area contributed by atoms with E-state index in [0.29, 0.717) is 11.4 Å². The largest absolute Gasteiger partial charge is 0.329 e. The number of nitrogens with two attached hydrogens (primary N) is 1. The van der Waals surface area contributed by atoms with Gasteiger partial charge in [0.25, 0.3) is 10.0 Å². The Bertz CT molecular complexity index is 749. The summed E-state index contributed by atoms with van der Waals surface area (Å²) >= 11 is 0. The van der Waals surface area contributed by atoms with Gasteiger partial charge < -0.3 is 4.57 Å². The Hall–Kier alpha value is -1.80. The molecule has 0 atom stereocenters. The summed E-state index contributed by atoms with van der Waals surface area (Å²) < 4.78 is 50.7. The molecule has 0 spiro atoms. The van der Waals surface area contributed by atoms with Crippen molar-refractivity contribution in [2.45, 2.75) is 31.3 Å². The molecule has 2 aromatic rings. The molecule has 1 heterocycles. The molecule has 8 heteroatoms. The minimum Gasteiger partial charge on any atom is -0.329 e. The zero-order valence-corrected chi connectivity index (χ0v) is 12.4. The van der Waals surface area contributed by atoms with Crippen LogP contribution in [0.15, 0.2) is 29.4 Å². The molecule has 0 amide bonds. The minimum absolute atomic E-state index is 0.0705. The predicted octanol–water partition coefficient (Wildman–Crippen LogP) is 1.98. The highest BCUT2D eigenvalue weighted by Gasteiger charge is 2.18. The summed E-state index contributed by atoms with van der Waals surface area (Å²) in [5, 5.41) is 4.80. The first kappa shape index (κ1) is 15.6. The molecule has 1 aromatic heterocycles. The summed E-state index contributed by atoms with van der Waals surface area (Å²) in [5.74, 6) is -0.978. The van der Waals surface area contributed by atoms with Crippen LogP contribution in [0, 0.1) is 11.6 Å². The molecule has 0 bridgehead atoms. The number of hydrogen-bond acceptors (Lipinski definition) is 3. The number of aromatic nitrogens is 2. The first-order valence-electron chi connectivity index (χ1n) is 6.21. The van der Waals surface area contributed by atoms with Crippen molar-refractivity contribution in [3.63, 3.8) is 0 Å². The van der Waals surface area contributed by atoms with Gasteiger partial charge in [0, 0.05) is 24.7 Å². The first-order chi connectivity index (χ1) is 9.66. The Kier molecular flexibility index (Phi) is 4.11. The molecule has 0 saturated heterocycles. The van der Waals surface area contributed by atoms with Crippen molar-refractivity contribution in [1.82, 2.24) is 9.55 Å². The van der Waals surface area contributed by atoms with E-state index in [1.165, 1.54) is 22.9 Å². The second-order valence-corrected chi connectivity index (χ2v) is 6.55. The van der Waals surface area contributed by atoms with E-state index in [1.54, 1.807) is 0 Å². The Labute approximate surface area is 121 Å². The van der Waals surface area contributed by atoms with Crippen LogP contribution < -0.4 is 5.14 Å². The third kappa shape index (κ3) is 3.64. The molecular weight excluding hydrogens is 300 g/mol. The van der Waals surface area contributed by atoms with Crippen molar-refractivity contribution in [3.8, 4) is 0 Å². The number of hydrogen-bond donors (Lipinski definition) is 1. The fourth-order valence-corrected chi connectivity index (χ4v) is 2.52. The molecule has 0 fully saturated rings. The van der Waals surface area contributed by atoms with E-state index in [9.17, 15) is 17.2 Å². The van der Waals surface area contributed by atoms with Crippen LogP contribution in [0.5, 0.6) is 0 Å². The van der Waals surface area contributed by atoms with Crippen LogP contribution in [0.4, 0.5) is 8.78 Å². The highest BCUT2D eigenvalue weighted by Crippen LogP contribution is 2.19. The summed E-state index contributed by atoms with van der Waals surface area (Å²) in [4.78, 5) is 3.98. The molecule has 0 unspecified atom stereocenters. The number of imidazole rings is 1. The van der Waals surface area contributed by atoms with Gasteiger partial charge in [-0.05, 0) is 17.7 Å². The van der Waals surface area contributed by atoms with Gasteiger partial charge in [0.2, 0.25) is 0 Å². The van der Waals surface area contributed by atoms with Crippen molar-refractivity contribution in [2.24, 2.45) is 5.14 Å². The predicted molar refractivity (Wildman–Crippen MR) is 73.1 cm³/mol. The van der Waals surface area contributed by atoms with Gasteiger partial charge in [0.15, 0.2) is 5.03 Å². The lowest BCUT2D eigenvalue weighted by molar-refractivity contribution is 0.575. The highest BCUT2D eigenvalue weighted by atomic mass is 32.2. The van der Waals surface area contributed by atoms with Crippen LogP contribution in [-0.4, -0.2) is 18.0 Å². The number of sulfonamides is 1. The van der Waals surface area contributed by atoms with E-state index in [-0.39, 0.29) is 17.5 Å². The highest BCUT2D eigenvalue weighted by molar-refractivity contribution is 7.89. The Morgan fingerprint density at radius 2 is 1.81 bits per heavy atom. The van der Waals surface area contributed by atoms with Crippen LogP contribution in [0.3, 0.4) is 0 Å². The molecule has 114 valence electrons. The van der Waals surface area contributed by atoms with Gasteiger partial charge >= 0.3 is 0 Å². The van der Waals surface area contributed by atoms with Gasteiger partial charge in [-0.2, -0.15) is 0 Å². The molecule has 0 radical (unpaired) electrons. The van der Waals surface area contributed by atoms with Gasteiger partial charge in [-0.25, -0.2) is 27.3 Å². The molecular formula is C13H15F2N3O2S. The van der Waals surface area contributed by atoms with Crippen molar-refractivity contribution in [2.75, 3.05) is 0 Å². The minimum atomic E-state index is -3.93. The average Bonchev–Trinajstić information content (AvgIpc) is 2.71. The van der Waals surface area contributed by atoms with Gasteiger partial charge in [-0.15, -0.1) is 0 Å². The summed E-state index contributed by atoms with van der Waals surface area (Å²) in [6.07, 6.45) is 1.27. The van der Waals surface area contributed by atoms with Crippen LogP contribution in [0.25, 0.3) is 0 Å². The van der Waals surface area contributed by atoms with Crippen LogP contribution in [0.1, 0.15) is 31.2 Å². The van der Waals surface area contributed by atoms with E-state index >= 15 is 0 Å². The topological polar surface area (TPSA) is 78.0 Å². The Morgan fingerprint density at radius 1 is 1.24 bits per heavy atom. The third-order valence-corrected chi connectivity index (χ3v) is 3.65. The summed E-state index contributed by atoms with van der Waals surface area (Å²) in [7, 11) is -3.93. The number of nitrogens with zero attached hydrogens (tertiary/aromatic N) is 2. The zero-order valence-electron chi connectivity index (χ0n) is 11.5. The fourth-order valence-electron chi connectivity index (χ4n) is 2.03. The fraction of sp³-hybridized carbons (Fsp3) is 0.308. The second-order valence-electron chi connectivity index (χ2n) is 5.04. The molecule has 5 nitrogen and oxygen atoms in total. The normalized spacial score (nSPS) is 12.1. The maximum atomic E-state index is 13.2. The standard InChI is InChI=1S/C13H15F2N3O2S/c1-8(2)13-17-12(21(16,19)20)7-18(13)6-9-3-10(14)5-11(15)4-9/h3-5,7-8H,6H2,1-2H3,(H2,16,19,20). The molecule has 0 aliphatic heterocycles. The van der Waals surface area contributed by atoms with E-state index in [0.717, 1.165) is 6.07 Å². The SMILES string of the molecule is CC(C)c1nc(S(N)(=O)=O)cn1Cc1cc(F)cc(F)c1. The van der Waals surface area contributed by atoms with E-state index < -0.39 is 21.7 Å². The Balaban J connectivity index is 2.45. The number of halogens is 2. The van der Waals surface area contributed by atoms with E-state index in [1.807, 2.05) is 13.8 Å². The zero-order chi connectivity index (χ0) is 15.8. The molecule has 2 N–H and O–H groups in total. The van der Waals surface area contributed by atoms with Crippen LogP contribution in [-0.2, 0) is 16.6 Å². The van der Waals surface area contributed by atoms with E-state index in [4.69, 9.17) is 5.14 Å². The van der Waals surface area contributed by atoms with Gasteiger partial charge in [-0.1, -0.05) is 13.8 Å². The summed E-state index contributed by atoms with van der Waals surface area (Å²) in [6.45, 7) is 3.76. The third-order valence-electron chi connectivity index (χ3n) is 2.87. The first-order valence-corrected chi connectivity index (χ1v) is 7.76. The lowest BCUT2D eigenvalue weighted by Crippen LogP contribution is -2.12. The molecule has 2 rings (SSSR count). The maximum absolute atomic E-state index is 13.2. The van der Waals surface area contributed by atoms with Crippen molar-refractivity contribution in [1.29, 1.82) is 0 Å². The van der Waals surface area contributed by atoms with Crippen LogP contribution in [0.2, 0.25) is 0 Å². The quantitative estimate of drug-likeness (QED) is 0.937. The van der Waals surface area contributed by atoms with Crippen molar-refractivity contribution in [3.05, 3.63) is 47.4 Å². The molecule has 0 saturated carbocycles. The Morgan fingerprint density at radius 3 is 2.29 bits per heavy atom. The van der Waals surface area contributed by atoms with Gasteiger partial charge in [-0.3, -0.25) is 0 Å². The molecule has 1 aromatic carbocycles. The molecule has 21 heavy (non-hydrogen) atoms. The average molecular weight is 315 g/mol. The summed E-state index contributed by atoms with van der Waals surface area (Å²) in [6, 6.07) is 3.14. The molecule has 0 aliphatic rings. The smallest absolute Gasteiger partial charge is 0.257 e. The lowest BCUT2D eigenvalue weighted by Gasteiger charge is -2.10. The molecule has 0 aliphatic carbocycles. The van der Waals surface area contributed by atoms with Crippen molar-refractivity contribution >= 4 is 10.0 Å². The van der Waals surface area contributed by atoms with Crippen molar-refractivity contribution < 1.29 is 17.2 Å². The van der Waals surface area contributed by atoms with E-state index in [2.05, 4.69) is 4.98 Å². The number of benzene rings is 1. The summed E-state index contributed by atoms with van der Waals surface area (Å²) in [5.41, 5.74) is 0.368.